The van der Waals surface area contributed by atoms with Gasteiger partial charge in [-0.2, -0.15) is 0 Å². The van der Waals surface area contributed by atoms with Crippen molar-refractivity contribution in [3.63, 3.8) is 0 Å². The van der Waals surface area contributed by atoms with Crippen LogP contribution in [0.4, 0.5) is 11.6 Å². The van der Waals surface area contributed by atoms with Crippen LogP contribution in [0.5, 0.6) is 0 Å². The number of benzene rings is 2. The van der Waals surface area contributed by atoms with Gasteiger partial charge in [-0.1, -0.05) is 36.5 Å². The van der Waals surface area contributed by atoms with Crippen LogP contribution in [0.25, 0.3) is 0 Å². The van der Waals surface area contributed by atoms with E-state index in [-0.39, 0.29) is 5.91 Å². The number of rotatable bonds is 3. The molecule has 1 aliphatic heterocycles. The minimum Gasteiger partial charge on any atom is -0.448 e. The van der Waals surface area contributed by atoms with Gasteiger partial charge in [0.05, 0.1) is 19.4 Å². The quantitative estimate of drug-likeness (QED) is 0.446. The first kappa shape index (κ1) is 19.3. The van der Waals surface area contributed by atoms with Gasteiger partial charge in [0.2, 0.25) is 5.88 Å². The summed E-state index contributed by atoms with van der Waals surface area (Å²) < 4.78 is 7.83. The summed E-state index contributed by atoms with van der Waals surface area (Å²) in [6.07, 6.45) is 3.66. The number of thiocarbonyl (C=S) groups is 1. The topological polar surface area (TPSA) is 50.4 Å². The van der Waals surface area contributed by atoms with Gasteiger partial charge in [0, 0.05) is 34.3 Å². The van der Waals surface area contributed by atoms with E-state index in [1.807, 2.05) is 79.9 Å². The number of furan rings is 1. The predicted molar refractivity (Wildman–Crippen MR) is 126 cm³/mol. The number of nitrogens with one attached hydrogen (secondary N) is 1. The highest BCUT2D eigenvalue weighted by atomic mass is 32.1. The second-order valence-corrected chi connectivity index (χ2v) is 8.02. The fraction of sp³-hybridized carbons (Fsp3) is 0.120. The summed E-state index contributed by atoms with van der Waals surface area (Å²) in [6, 6.07) is 21.3. The predicted octanol–water partition coefficient (Wildman–Crippen LogP) is 5.39. The zero-order valence-corrected chi connectivity index (χ0v) is 17.9. The highest BCUT2D eigenvalue weighted by Crippen LogP contribution is 2.30. The van der Waals surface area contributed by atoms with Crippen molar-refractivity contribution >= 4 is 34.7 Å². The van der Waals surface area contributed by atoms with E-state index >= 15 is 0 Å². The number of hydrogen-bond acceptors (Lipinski definition) is 3. The number of aryl methyl sites for hydroxylation is 1. The molecule has 0 fully saturated rings. The van der Waals surface area contributed by atoms with Crippen LogP contribution in [0.2, 0.25) is 0 Å². The van der Waals surface area contributed by atoms with Crippen molar-refractivity contribution in [1.82, 2.24) is 4.57 Å². The zero-order valence-electron chi connectivity index (χ0n) is 17.0. The van der Waals surface area contributed by atoms with Gasteiger partial charge >= 0.3 is 0 Å². The van der Waals surface area contributed by atoms with Crippen molar-refractivity contribution < 1.29 is 9.21 Å². The van der Waals surface area contributed by atoms with Gasteiger partial charge in [0.15, 0.2) is 0 Å². The lowest BCUT2D eigenvalue weighted by Crippen LogP contribution is -2.30. The average Bonchev–Trinajstić information content (AvgIpc) is 3.39. The number of carbonyl (C=O) groups excluding carboxylic acids is 1. The molecule has 2 aromatic carbocycles. The van der Waals surface area contributed by atoms with E-state index in [1.54, 1.807) is 11.2 Å². The molecule has 154 valence electrons. The Labute approximate surface area is 185 Å². The molecular formula is C25H21N3O2S. The number of hydrogen-bond donors (Lipinski definition) is 1. The summed E-state index contributed by atoms with van der Waals surface area (Å²) in [7, 11) is 0. The smallest absolute Gasteiger partial charge is 0.260 e. The molecule has 0 saturated heterocycles. The summed E-state index contributed by atoms with van der Waals surface area (Å²) in [5.74, 6) is 0.510. The molecule has 1 N–H and O–H groups in total. The van der Waals surface area contributed by atoms with Crippen molar-refractivity contribution in [2.45, 2.75) is 20.0 Å². The molecule has 2 aromatic heterocycles. The van der Waals surface area contributed by atoms with E-state index in [0.29, 0.717) is 29.5 Å². The van der Waals surface area contributed by atoms with Crippen LogP contribution < -0.4 is 10.2 Å². The van der Waals surface area contributed by atoms with Crippen molar-refractivity contribution in [3.8, 4) is 0 Å². The molecule has 6 heteroatoms. The molecule has 5 rings (SSSR count). The Hall–Kier alpha value is -3.64. The second kappa shape index (κ2) is 7.89. The zero-order chi connectivity index (χ0) is 21.4. The fourth-order valence-corrected chi connectivity index (χ4v) is 4.24. The van der Waals surface area contributed by atoms with Crippen LogP contribution in [-0.4, -0.2) is 15.5 Å². The number of fused-ring (bicyclic) bond motifs is 2. The number of anilines is 2. The van der Waals surface area contributed by atoms with Crippen LogP contribution in [0.3, 0.4) is 0 Å². The summed E-state index contributed by atoms with van der Waals surface area (Å²) >= 11 is 5.55. The molecule has 4 aromatic rings. The monoisotopic (exact) mass is 427 g/mol. The summed E-state index contributed by atoms with van der Waals surface area (Å²) in [4.78, 5) is 15.7. The summed E-state index contributed by atoms with van der Waals surface area (Å²) in [6.45, 7) is 3.19. The summed E-state index contributed by atoms with van der Waals surface area (Å²) in [5, 5.41) is 3.26. The van der Waals surface area contributed by atoms with Crippen molar-refractivity contribution in [2.75, 3.05) is 10.2 Å². The standard InChI is InChI=1S/C25H21N3O2S/c1-17-5-2-3-7-22(17)23(31)26-20-10-8-18(9-11-20)24(29)28-16-21-6-4-13-27(21)15-19-12-14-30-25(19)28/h2-14H,15-16H2,1H3,(H,26,31). The highest BCUT2D eigenvalue weighted by Gasteiger charge is 2.27. The Morgan fingerprint density at radius 3 is 2.61 bits per heavy atom. The number of nitrogens with zero attached hydrogens (tertiary/aromatic N) is 2. The molecule has 1 amide bonds. The first-order chi connectivity index (χ1) is 15.1. The average molecular weight is 428 g/mol. The first-order valence-corrected chi connectivity index (χ1v) is 10.5. The van der Waals surface area contributed by atoms with Gasteiger partial charge in [0.1, 0.15) is 4.99 Å². The highest BCUT2D eigenvalue weighted by molar-refractivity contribution is 7.81. The Kier molecular flexibility index (Phi) is 4.92. The maximum Gasteiger partial charge on any atom is 0.260 e. The van der Waals surface area contributed by atoms with Gasteiger partial charge in [-0.25, -0.2) is 0 Å². The second-order valence-electron chi connectivity index (χ2n) is 7.62. The van der Waals surface area contributed by atoms with Crippen LogP contribution in [-0.2, 0) is 13.1 Å². The normalized spacial score (nSPS) is 12.6. The molecule has 0 unspecified atom stereocenters. The Morgan fingerprint density at radius 2 is 1.81 bits per heavy atom. The van der Waals surface area contributed by atoms with Crippen LogP contribution >= 0.6 is 12.2 Å². The number of carbonyl (C=O) groups is 1. The minimum absolute atomic E-state index is 0.0983. The maximum atomic E-state index is 13.4. The molecule has 0 radical (unpaired) electrons. The third kappa shape index (κ3) is 3.66. The summed E-state index contributed by atoms with van der Waals surface area (Å²) in [5.41, 5.74) is 5.61. The Morgan fingerprint density at radius 1 is 1.00 bits per heavy atom. The molecule has 5 nitrogen and oxygen atoms in total. The van der Waals surface area contributed by atoms with Crippen LogP contribution in [0.1, 0.15) is 32.7 Å². The van der Waals surface area contributed by atoms with Crippen LogP contribution in [0.15, 0.2) is 83.6 Å². The molecule has 3 heterocycles. The molecular weight excluding hydrogens is 406 g/mol. The third-order valence-electron chi connectivity index (χ3n) is 5.58. The fourth-order valence-electron chi connectivity index (χ4n) is 3.89. The lowest BCUT2D eigenvalue weighted by Gasteiger charge is -2.19. The van der Waals surface area contributed by atoms with Gasteiger partial charge in [-0.05, 0) is 55.0 Å². The van der Waals surface area contributed by atoms with Crippen molar-refractivity contribution in [3.05, 3.63) is 107 Å². The van der Waals surface area contributed by atoms with E-state index in [0.717, 1.165) is 28.1 Å². The van der Waals surface area contributed by atoms with Gasteiger partial charge in [-0.15, -0.1) is 0 Å². The molecule has 31 heavy (non-hydrogen) atoms. The maximum absolute atomic E-state index is 13.4. The van der Waals surface area contributed by atoms with Gasteiger partial charge in [0.25, 0.3) is 5.91 Å². The van der Waals surface area contributed by atoms with E-state index in [4.69, 9.17) is 16.6 Å². The third-order valence-corrected chi connectivity index (χ3v) is 5.90. The number of aromatic nitrogens is 1. The number of amides is 1. The van der Waals surface area contributed by atoms with Crippen LogP contribution in [0, 0.1) is 6.92 Å². The molecule has 1 aliphatic rings. The van der Waals surface area contributed by atoms with Crippen molar-refractivity contribution in [1.29, 1.82) is 0 Å². The van der Waals surface area contributed by atoms with Crippen molar-refractivity contribution in [2.24, 2.45) is 0 Å². The van der Waals surface area contributed by atoms with E-state index < -0.39 is 0 Å². The lowest BCUT2D eigenvalue weighted by atomic mass is 10.1. The molecule has 0 spiro atoms. The lowest BCUT2D eigenvalue weighted by molar-refractivity contribution is 0.0980. The first-order valence-electron chi connectivity index (χ1n) is 10.1. The van der Waals surface area contributed by atoms with E-state index in [1.165, 1.54) is 0 Å². The SMILES string of the molecule is Cc1ccccc1C(=S)Nc1ccc(C(=O)N2Cc3cccn3Cc3ccoc32)cc1. The van der Waals surface area contributed by atoms with Gasteiger partial charge < -0.3 is 14.3 Å². The largest absolute Gasteiger partial charge is 0.448 e. The minimum atomic E-state index is -0.0983. The Bertz CT molecular complexity index is 1270. The van der Waals surface area contributed by atoms with Gasteiger partial charge in [-0.3, -0.25) is 9.69 Å². The molecule has 0 bridgehead atoms. The molecule has 0 atom stereocenters. The van der Waals surface area contributed by atoms with E-state index in [9.17, 15) is 4.79 Å². The Balaban J connectivity index is 1.37. The molecule has 0 aliphatic carbocycles. The molecule has 0 saturated carbocycles. The van der Waals surface area contributed by atoms with E-state index in [2.05, 4.69) is 9.88 Å².